The van der Waals surface area contributed by atoms with Crippen LogP contribution in [-0.2, 0) is 14.8 Å². The number of nitrogens with zero attached hydrogens (tertiary/aromatic N) is 4. The maximum absolute atomic E-state index is 13.5. The van der Waals surface area contributed by atoms with Crippen molar-refractivity contribution in [2.24, 2.45) is 5.92 Å². The molecule has 2 fully saturated rings. The average Bonchev–Trinajstić information content (AvgIpc) is 3.69. The molecule has 12 heteroatoms. The summed E-state index contributed by atoms with van der Waals surface area (Å²) in [5.74, 6) is -0.201. The van der Waals surface area contributed by atoms with Gasteiger partial charge in [0.2, 0.25) is 11.8 Å². The predicted molar refractivity (Wildman–Crippen MR) is 146 cm³/mol. The number of aromatic nitrogens is 3. The van der Waals surface area contributed by atoms with Gasteiger partial charge < -0.3 is 9.64 Å². The van der Waals surface area contributed by atoms with Crippen molar-refractivity contribution < 1.29 is 22.3 Å². The van der Waals surface area contributed by atoms with Crippen molar-refractivity contribution in [2.75, 3.05) is 24.9 Å². The van der Waals surface area contributed by atoms with E-state index < -0.39 is 15.8 Å². The first-order chi connectivity index (χ1) is 19.2. The second kappa shape index (κ2) is 10.0. The molecule has 2 aromatic carbocycles. The zero-order chi connectivity index (χ0) is 28.0. The number of carbonyl (C=O) groups is 1. The molecule has 206 valence electrons. The summed E-state index contributed by atoms with van der Waals surface area (Å²) in [4.78, 5) is 36.5. The number of pyridine rings is 1. The molecule has 40 heavy (non-hydrogen) atoms. The Hall–Kier alpha value is -4.32. The molecule has 2 aliphatic rings. The van der Waals surface area contributed by atoms with Gasteiger partial charge in [0.05, 0.1) is 35.3 Å². The quantitative estimate of drug-likeness (QED) is 0.365. The molecule has 0 spiro atoms. The number of likely N-dealkylation sites (tertiary alicyclic amines) is 1. The minimum atomic E-state index is -4.06. The largest absolute Gasteiger partial charge is 0.480 e. The van der Waals surface area contributed by atoms with Crippen LogP contribution in [0.2, 0.25) is 0 Å². The highest BCUT2D eigenvalue weighted by atomic mass is 32.2. The average molecular weight is 564 g/mol. The van der Waals surface area contributed by atoms with Crippen molar-refractivity contribution in [3.63, 3.8) is 0 Å². The van der Waals surface area contributed by atoms with Crippen molar-refractivity contribution in [3.8, 4) is 17.0 Å². The monoisotopic (exact) mass is 563 g/mol. The topological polar surface area (TPSA) is 123 Å². The lowest BCUT2D eigenvalue weighted by molar-refractivity contribution is -0.131. The van der Waals surface area contributed by atoms with Crippen molar-refractivity contribution >= 4 is 32.5 Å². The molecule has 1 atom stereocenters. The number of ether oxygens (including phenoxy) is 1. The Morgan fingerprint density at radius 2 is 1.82 bits per heavy atom. The minimum absolute atomic E-state index is 0.0470. The van der Waals surface area contributed by atoms with E-state index in [4.69, 9.17) is 4.74 Å². The van der Waals surface area contributed by atoms with Gasteiger partial charge in [-0.15, -0.1) is 0 Å². The highest BCUT2D eigenvalue weighted by molar-refractivity contribution is 7.92. The second-order valence-corrected chi connectivity index (χ2v) is 11.7. The highest BCUT2D eigenvalue weighted by Crippen LogP contribution is 2.34. The van der Waals surface area contributed by atoms with Crippen molar-refractivity contribution in [1.29, 1.82) is 0 Å². The van der Waals surface area contributed by atoms with Gasteiger partial charge in [0.1, 0.15) is 11.5 Å². The Labute approximate surface area is 229 Å². The normalized spacial score (nSPS) is 17.2. The summed E-state index contributed by atoms with van der Waals surface area (Å²) in [6, 6.07) is 11.0. The van der Waals surface area contributed by atoms with Gasteiger partial charge in [0.25, 0.3) is 15.6 Å². The summed E-state index contributed by atoms with van der Waals surface area (Å²) in [6.07, 6.45) is 5.62. The molecular formula is C28H26FN5O5S. The summed E-state index contributed by atoms with van der Waals surface area (Å²) in [5, 5.41) is 0.399. The first kappa shape index (κ1) is 25.9. The molecule has 1 amide bonds. The second-order valence-electron chi connectivity index (χ2n) is 10.0. The van der Waals surface area contributed by atoms with E-state index in [-0.39, 0.29) is 39.9 Å². The zero-order valence-electron chi connectivity index (χ0n) is 21.6. The SMILES string of the molecule is COc1ncc(-c2ccc3ncn(C4CCN(C(=O)C5CC5)C4)c(=O)c3c2)cc1NS(=O)(=O)c1ccc(F)cc1. The predicted octanol–water partition coefficient (Wildman–Crippen LogP) is 3.59. The van der Waals surface area contributed by atoms with E-state index in [1.807, 2.05) is 4.90 Å². The Bertz CT molecular complexity index is 1790. The molecule has 4 aromatic rings. The summed E-state index contributed by atoms with van der Waals surface area (Å²) >= 11 is 0. The first-order valence-electron chi connectivity index (χ1n) is 12.9. The maximum Gasteiger partial charge on any atom is 0.262 e. The van der Waals surface area contributed by atoms with Gasteiger partial charge in [0.15, 0.2) is 0 Å². The number of methoxy groups -OCH3 is 1. The molecule has 1 N–H and O–H groups in total. The van der Waals surface area contributed by atoms with Gasteiger partial charge in [-0.2, -0.15) is 0 Å². The number of benzene rings is 2. The number of amides is 1. The van der Waals surface area contributed by atoms with Crippen LogP contribution < -0.4 is 15.0 Å². The molecule has 1 aliphatic heterocycles. The lowest BCUT2D eigenvalue weighted by atomic mass is 10.0. The van der Waals surface area contributed by atoms with Crippen LogP contribution in [0.25, 0.3) is 22.0 Å². The lowest BCUT2D eigenvalue weighted by Crippen LogP contribution is -2.32. The van der Waals surface area contributed by atoms with Crippen molar-refractivity contribution in [2.45, 2.75) is 30.2 Å². The smallest absolute Gasteiger partial charge is 0.262 e. The van der Waals surface area contributed by atoms with E-state index in [0.717, 1.165) is 37.1 Å². The van der Waals surface area contributed by atoms with Crippen molar-refractivity contribution in [1.82, 2.24) is 19.4 Å². The number of hydrogen-bond acceptors (Lipinski definition) is 7. The van der Waals surface area contributed by atoms with Gasteiger partial charge in [0, 0.05) is 30.8 Å². The first-order valence-corrected chi connectivity index (χ1v) is 14.3. The minimum Gasteiger partial charge on any atom is -0.480 e. The molecule has 3 heterocycles. The van der Waals surface area contributed by atoms with Gasteiger partial charge in [-0.05, 0) is 67.3 Å². The van der Waals surface area contributed by atoms with Crippen LogP contribution in [-0.4, -0.2) is 54.0 Å². The fourth-order valence-electron chi connectivity index (χ4n) is 5.00. The third-order valence-electron chi connectivity index (χ3n) is 7.32. The standard InChI is InChI=1S/C28H26FN5O5S/c1-39-26-25(32-40(37,38)22-7-5-20(29)6-8-22)13-19(14-30-26)18-4-9-24-23(12-18)28(36)34(16-31-24)21-10-11-33(15-21)27(35)17-2-3-17/h4-9,12-14,16-17,21,32H,2-3,10-11,15H2,1H3. The van der Waals surface area contributed by atoms with E-state index >= 15 is 0 Å². The van der Waals surface area contributed by atoms with Crippen LogP contribution >= 0.6 is 0 Å². The van der Waals surface area contributed by atoms with Crippen LogP contribution in [0.15, 0.2) is 70.7 Å². The zero-order valence-corrected chi connectivity index (χ0v) is 22.4. The number of nitrogens with one attached hydrogen (secondary N) is 1. The van der Waals surface area contributed by atoms with E-state index in [9.17, 15) is 22.4 Å². The Balaban J connectivity index is 1.32. The molecule has 1 aliphatic carbocycles. The van der Waals surface area contributed by atoms with Crippen LogP contribution in [0.5, 0.6) is 5.88 Å². The molecule has 10 nitrogen and oxygen atoms in total. The van der Waals surface area contributed by atoms with Crippen LogP contribution in [0.3, 0.4) is 0 Å². The molecule has 2 aromatic heterocycles. The molecular weight excluding hydrogens is 537 g/mol. The van der Waals surface area contributed by atoms with E-state index in [2.05, 4.69) is 14.7 Å². The number of hydrogen-bond donors (Lipinski definition) is 1. The summed E-state index contributed by atoms with van der Waals surface area (Å²) in [6.45, 7) is 1.11. The number of rotatable bonds is 7. The number of fused-ring (bicyclic) bond motifs is 1. The van der Waals surface area contributed by atoms with Crippen LogP contribution in [0.4, 0.5) is 10.1 Å². The number of anilines is 1. The van der Waals surface area contributed by atoms with Crippen LogP contribution in [0.1, 0.15) is 25.3 Å². The van der Waals surface area contributed by atoms with Gasteiger partial charge in [-0.1, -0.05) is 6.07 Å². The highest BCUT2D eigenvalue weighted by Gasteiger charge is 2.37. The van der Waals surface area contributed by atoms with E-state index in [1.54, 1.807) is 28.8 Å². The third-order valence-corrected chi connectivity index (χ3v) is 8.71. The molecule has 1 saturated carbocycles. The molecule has 0 radical (unpaired) electrons. The van der Waals surface area contributed by atoms with Crippen LogP contribution in [0, 0.1) is 11.7 Å². The lowest BCUT2D eigenvalue weighted by Gasteiger charge is -2.17. The third kappa shape index (κ3) is 4.90. The Morgan fingerprint density at radius 3 is 2.55 bits per heavy atom. The summed E-state index contributed by atoms with van der Waals surface area (Å²) in [5.41, 5.74) is 1.55. The molecule has 1 saturated heterocycles. The molecule has 1 unspecified atom stereocenters. The van der Waals surface area contributed by atoms with Crippen molar-refractivity contribution in [3.05, 3.63) is 77.2 Å². The van der Waals surface area contributed by atoms with E-state index in [0.29, 0.717) is 41.5 Å². The fourth-order valence-corrected chi connectivity index (χ4v) is 6.04. The molecule has 0 bridgehead atoms. The molecule has 6 rings (SSSR count). The number of sulfonamides is 1. The van der Waals surface area contributed by atoms with Gasteiger partial charge in [-0.3, -0.25) is 18.9 Å². The Morgan fingerprint density at radius 1 is 1.05 bits per heavy atom. The summed E-state index contributed by atoms with van der Waals surface area (Å²) in [7, 11) is -2.69. The fraction of sp³-hybridized carbons (Fsp3) is 0.286. The summed E-state index contributed by atoms with van der Waals surface area (Å²) < 4.78 is 48.5. The van der Waals surface area contributed by atoms with E-state index in [1.165, 1.54) is 19.6 Å². The number of halogens is 1. The maximum atomic E-state index is 13.5. The van der Waals surface area contributed by atoms with Gasteiger partial charge >= 0.3 is 0 Å². The van der Waals surface area contributed by atoms with Gasteiger partial charge in [-0.25, -0.2) is 22.8 Å². The number of carbonyl (C=O) groups excluding carboxylic acids is 1. The Kier molecular flexibility index (Phi) is 6.49.